The monoisotopic (exact) mass is 558 g/mol. The Morgan fingerprint density at radius 1 is 0.949 bits per heavy atom. The number of nitriles is 1. The maximum atomic E-state index is 14.3. The molecule has 1 fully saturated rings. The fraction of sp³-hybridized carbons (Fsp3) is 0.258. The number of amides is 1. The number of halogens is 2. The average Bonchev–Trinajstić information content (AvgIpc) is 2.97. The maximum absolute atomic E-state index is 14.3. The standard InChI is InChI=1S/C31H28Cl2N4O2/c1-31(20-34,30(38)37-16-14-36(15-17-37)29-25(32)18-35-19-26(29)33)28(24-11-5-6-13-27(24)39-2)23-12-7-9-21-8-3-4-10-22(21)23/h3-13,18-19,28H,14-17H2,1-2H3/t28?,31-/m1/s1. The first-order valence-electron chi connectivity index (χ1n) is 12.7. The lowest BCUT2D eigenvalue weighted by molar-refractivity contribution is -0.139. The van der Waals surface area contributed by atoms with Crippen molar-refractivity contribution < 1.29 is 9.53 Å². The van der Waals surface area contributed by atoms with Crippen molar-refractivity contribution in [1.82, 2.24) is 9.88 Å². The van der Waals surface area contributed by atoms with Gasteiger partial charge in [-0.2, -0.15) is 5.26 Å². The van der Waals surface area contributed by atoms with Gasteiger partial charge in [-0.25, -0.2) is 0 Å². The molecule has 1 saturated heterocycles. The van der Waals surface area contributed by atoms with Gasteiger partial charge in [0.15, 0.2) is 0 Å². The summed E-state index contributed by atoms with van der Waals surface area (Å²) in [4.78, 5) is 22.2. The Labute approximate surface area is 238 Å². The van der Waals surface area contributed by atoms with Crippen LogP contribution in [0.2, 0.25) is 10.0 Å². The van der Waals surface area contributed by atoms with E-state index in [1.807, 2.05) is 66.7 Å². The Kier molecular flexibility index (Phi) is 7.65. The largest absolute Gasteiger partial charge is 0.496 e. The molecule has 1 aromatic heterocycles. The molecule has 6 nitrogen and oxygen atoms in total. The highest BCUT2D eigenvalue weighted by atomic mass is 35.5. The first-order chi connectivity index (χ1) is 18.9. The van der Waals surface area contributed by atoms with Crippen LogP contribution in [0.5, 0.6) is 5.75 Å². The molecule has 0 radical (unpaired) electrons. The number of para-hydroxylation sites is 1. The molecule has 0 spiro atoms. The molecule has 8 heteroatoms. The number of rotatable bonds is 6. The van der Waals surface area contributed by atoms with Gasteiger partial charge in [-0.3, -0.25) is 9.78 Å². The molecule has 1 aliphatic rings. The second kappa shape index (κ2) is 11.1. The molecule has 0 aliphatic carbocycles. The number of nitrogens with zero attached hydrogens (tertiary/aromatic N) is 4. The predicted octanol–water partition coefficient (Wildman–Crippen LogP) is 6.56. The summed E-state index contributed by atoms with van der Waals surface area (Å²) in [5, 5.41) is 13.7. The fourth-order valence-corrected chi connectivity index (χ4v) is 6.20. The molecule has 1 amide bonds. The molecule has 2 atom stereocenters. The fourth-order valence-electron chi connectivity index (χ4n) is 5.60. The lowest BCUT2D eigenvalue weighted by Gasteiger charge is -2.41. The molecule has 5 rings (SSSR count). The van der Waals surface area contributed by atoms with Crippen LogP contribution in [0, 0.1) is 16.7 Å². The van der Waals surface area contributed by atoms with E-state index in [0.717, 1.165) is 21.9 Å². The van der Waals surface area contributed by atoms with Crippen molar-refractivity contribution in [3.63, 3.8) is 0 Å². The van der Waals surface area contributed by atoms with Gasteiger partial charge in [-0.05, 0) is 29.3 Å². The molecule has 39 heavy (non-hydrogen) atoms. The number of carbonyl (C=O) groups excluding carboxylic acids is 1. The number of ether oxygens (including phenoxy) is 1. The Hall–Kier alpha value is -3.79. The van der Waals surface area contributed by atoms with Crippen LogP contribution in [-0.2, 0) is 4.79 Å². The molecular formula is C31H28Cl2N4O2. The van der Waals surface area contributed by atoms with E-state index in [0.29, 0.717) is 47.7 Å². The van der Waals surface area contributed by atoms with E-state index in [1.165, 1.54) is 0 Å². The predicted molar refractivity (Wildman–Crippen MR) is 156 cm³/mol. The van der Waals surface area contributed by atoms with Gasteiger partial charge in [0.05, 0.1) is 28.9 Å². The Balaban J connectivity index is 1.55. The van der Waals surface area contributed by atoms with E-state index in [-0.39, 0.29) is 5.91 Å². The summed E-state index contributed by atoms with van der Waals surface area (Å²) >= 11 is 12.8. The van der Waals surface area contributed by atoms with Gasteiger partial charge < -0.3 is 14.5 Å². The summed E-state index contributed by atoms with van der Waals surface area (Å²) in [6.45, 7) is 3.67. The number of benzene rings is 3. The van der Waals surface area contributed by atoms with Gasteiger partial charge in [-0.15, -0.1) is 0 Å². The van der Waals surface area contributed by atoms with Crippen molar-refractivity contribution in [2.45, 2.75) is 12.8 Å². The van der Waals surface area contributed by atoms with Crippen LogP contribution in [-0.4, -0.2) is 49.1 Å². The highest BCUT2D eigenvalue weighted by Gasteiger charge is 2.47. The zero-order chi connectivity index (χ0) is 27.6. The molecule has 4 aromatic rings. The Morgan fingerprint density at radius 3 is 2.26 bits per heavy atom. The number of anilines is 1. The third-order valence-corrected chi connectivity index (χ3v) is 8.10. The summed E-state index contributed by atoms with van der Waals surface area (Å²) < 4.78 is 5.74. The van der Waals surface area contributed by atoms with Crippen molar-refractivity contribution >= 4 is 45.6 Å². The lowest BCUT2D eigenvalue weighted by Crippen LogP contribution is -2.54. The van der Waals surface area contributed by atoms with Crippen molar-refractivity contribution in [3.05, 3.63) is 100 Å². The van der Waals surface area contributed by atoms with Crippen molar-refractivity contribution in [3.8, 4) is 11.8 Å². The third-order valence-electron chi connectivity index (χ3n) is 7.55. The molecule has 1 unspecified atom stereocenters. The van der Waals surface area contributed by atoms with Crippen LogP contribution in [0.1, 0.15) is 24.0 Å². The maximum Gasteiger partial charge on any atom is 0.243 e. The first-order valence-corrected chi connectivity index (χ1v) is 13.5. The molecular weight excluding hydrogens is 531 g/mol. The summed E-state index contributed by atoms with van der Waals surface area (Å²) in [5.74, 6) is -0.156. The van der Waals surface area contributed by atoms with Gasteiger partial charge in [-0.1, -0.05) is 83.9 Å². The van der Waals surface area contributed by atoms with E-state index in [2.05, 4.69) is 16.0 Å². The molecule has 3 aromatic carbocycles. The minimum Gasteiger partial charge on any atom is -0.496 e. The SMILES string of the molecule is COc1ccccc1C(c1cccc2ccccc12)[C@@](C)(C#N)C(=O)N1CCN(c2c(Cl)cncc2Cl)CC1. The van der Waals surface area contributed by atoms with Gasteiger partial charge >= 0.3 is 0 Å². The molecule has 0 bridgehead atoms. The van der Waals surface area contributed by atoms with E-state index >= 15 is 0 Å². The van der Waals surface area contributed by atoms with Crippen molar-refractivity contribution in [2.75, 3.05) is 38.2 Å². The second-order valence-electron chi connectivity index (χ2n) is 9.79. The summed E-state index contributed by atoms with van der Waals surface area (Å²) in [6, 6.07) is 24.1. The molecule has 198 valence electrons. The average molecular weight is 559 g/mol. The van der Waals surface area contributed by atoms with Gasteiger partial charge in [0, 0.05) is 50.1 Å². The molecule has 0 N–H and O–H groups in total. The van der Waals surface area contributed by atoms with E-state index < -0.39 is 11.3 Å². The van der Waals surface area contributed by atoms with Crippen LogP contribution >= 0.6 is 23.2 Å². The number of carbonyl (C=O) groups is 1. The van der Waals surface area contributed by atoms with Crippen molar-refractivity contribution in [2.24, 2.45) is 5.41 Å². The minimum absolute atomic E-state index is 0.222. The normalized spacial score (nSPS) is 15.9. The van der Waals surface area contributed by atoms with E-state index in [9.17, 15) is 10.1 Å². The zero-order valence-corrected chi connectivity index (χ0v) is 23.3. The molecule has 2 heterocycles. The van der Waals surface area contributed by atoms with Gasteiger partial charge in [0.2, 0.25) is 5.91 Å². The van der Waals surface area contributed by atoms with Crippen molar-refractivity contribution in [1.29, 1.82) is 5.26 Å². The summed E-state index contributed by atoms with van der Waals surface area (Å²) in [5.41, 5.74) is 1.00. The Bertz CT molecular complexity index is 1540. The number of pyridine rings is 1. The number of piperazine rings is 1. The zero-order valence-electron chi connectivity index (χ0n) is 21.8. The third kappa shape index (κ3) is 4.89. The van der Waals surface area contributed by atoms with Crippen LogP contribution in [0.15, 0.2) is 79.1 Å². The number of aromatic nitrogens is 1. The number of hydrogen-bond acceptors (Lipinski definition) is 5. The smallest absolute Gasteiger partial charge is 0.243 e. The van der Waals surface area contributed by atoms with Crippen LogP contribution in [0.4, 0.5) is 5.69 Å². The number of hydrogen-bond donors (Lipinski definition) is 0. The van der Waals surface area contributed by atoms with Crippen LogP contribution in [0.3, 0.4) is 0 Å². The molecule has 1 aliphatic heterocycles. The van der Waals surface area contributed by atoms with Gasteiger partial charge in [0.25, 0.3) is 0 Å². The minimum atomic E-state index is -1.41. The lowest BCUT2D eigenvalue weighted by atomic mass is 9.68. The van der Waals surface area contributed by atoms with Crippen LogP contribution < -0.4 is 9.64 Å². The topological polar surface area (TPSA) is 69.5 Å². The van der Waals surface area contributed by atoms with E-state index in [4.69, 9.17) is 27.9 Å². The summed E-state index contributed by atoms with van der Waals surface area (Å²) in [7, 11) is 1.61. The van der Waals surface area contributed by atoms with Gasteiger partial charge in [0.1, 0.15) is 11.2 Å². The Morgan fingerprint density at radius 2 is 1.56 bits per heavy atom. The highest BCUT2D eigenvalue weighted by Crippen LogP contribution is 2.47. The van der Waals surface area contributed by atoms with E-state index in [1.54, 1.807) is 31.3 Å². The first kappa shape index (κ1) is 26.8. The summed E-state index contributed by atoms with van der Waals surface area (Å²) in [6.07, 6.45) is 3.13. The quantitative estimate of drug-likeness (QED) is 0.268. The second-order valence-corrected chi connectivity index (χ2v) is 10.6. The molecule has 0 saturated carbocycles. The number of fused-ring (bicyclic) bond motifs is 1. The van der Waals surface area contributed by atoms with Crippen LogP contribution in [0.25, 0.3) is 10.8 Å². The number of methoxy groups -OCH3 is 1. The highest BCUT2D eigenvalue weighted by molar-refractivity contribution is 6.38.